The summed E-state index contributed by atoms with van der Waals surface area (Å²) < 4.78 is 5.34. The molecule has 2 rings (SSSR count). The fourth-order valence-electron chi connectivity index (χ4n) is 3.59. The standard InChI is InChI=1S/C17H31N3O/c1-13-10-14(2)12-16(11-13)20-17(18-3)19-7-4-15-5-8-21-9-6-15/h5,13-14,16H,4,6-12H2,1-3H3,(H2,18,19,20). The van der Waals surface area contributed by atoms with Gasteiger partial charge in [-0.25, -0.2) is 0 Å². The SMILES string of the molecule is CN=C(NCCC1=CCOCC1)NC1CC(C)CC(C)C1. The normalized spacial score (nSPS) is 30.7. The Kier molecular flexibility index (Phi) is 6.55. The third kappa shape index (κ3) is 5.70. The molecule has 1 aliphatic heterocycles. The van der Waals surface area contributed by atoms with Crippen molar-refractivity contribution in [3.63, 3.8) is 0 Å². The summed E-state index contributed by atoms with van der Waals surface area (Å²) in [6.07, 6.45) is 8.25. The molecule has 2 N–H and O–H groups in total. The highest BCUT2D eigenvalue weighted by atomic mass is 16.5. The van der Waals surface area contributed by atoms with Gasteiger partial charge in [0.1, 0.15) is 0 Å². The van der Waals surface area contributed by atoms with Crippen molar-refractivity contribution in [2.24, 2.45) is 16.8 Å². The van der Waals surface area contributed by atoms with E-state index in [0.717, 1.165) is 50.4 Å². The smallest absolute Gasteiger partial charge is 0.191 e. The highest BCUT2D eigenvalue weighted by Crippen LogP contribution is 2.28. The van der Waals surface area contributed by atoms with Crippen LogP contribution in [0.4, 0.5) is 0 Å². The highest BCUT2D eigenvalue weighted by Gasteiger charge is 2.24. The molecule has 2 aliphatic rings. The van der Waals surface area contributed by atoms with Gasteiger partial charge in [0.25, 0.3) is 0 Å². The van der Waals surface area contributed by atoms with Crippen LogP contribution in [0.25, 0.3) is 0 Å². The second-order valence-corrected chi connectivity index (χ2v) is 6.69. The van der Waals surface area contributed by atoms with E-state index < -0.39 is 0 Å². The Labute approximate surface area is 129 Å². The van der Waals surface area contributed by atoms with Crippen molar-refractivity contribution < 1.29 is 4.74 Å². The first kappa shape index (κ1) is 16.3. The largest absolute Gasteiger partial charge is 0.377 e. The lowest BCUT2D eigenvalue weighted by Crippen LogP contribution is -2.46. The monoisotopic (exact) mass is 293 g/mol. The van der Waals surface area contributed by atoms with E-state index in [0.29, 0.717) is 6.04 Å². The van der Waals surface area contributed by atoms with E-state index in [2.05, 4.69) is 35.5 Å². The van der Waals surface area contributed by atoms with E-state index in [9.17, 15) is 0 Å². The van der Waals surface area contributed by atoms with E-state index in [-0.39, 0.29) is 0 Å². The first-order valence-electron chi connectivity index (χ1n) is 8.40. The molecule has 0 bridgehead atoms. The van der Waals surface area contributed by atoms with Crippen LogP contribution in [0.2, 0.25) is 0 Å². The van der Waals surface area contributed by atoms with Gasteiger partial charge in [-0.1, -0.05) is 25.5 Å². The number of guanidine groups is 1. The molecule has 0 amide bonds. The molecule has 1 fully saturated rings. The third-order valence-electron chi connectivity index (χ3n) is 4.54. The number of hydrogen-bond acceptors (Lipinski definition) is 2. The number of nitrogens with one attached hydrogen (secondary N) is 2. The minimum Gasteiger partial charge on any atom is -0.377 e. The van der Waals surface area contributed by atoms with Crippen LogP contribution in [0.3, 0.4) is 0 Å². The van der Waals surface area contributed by atoms with Gasteiger partial charge in [0.05, 0.1) is 13.2 Å². The van der Waals surface area contributed by atoms with Crippen molar-refractivity contribution >= 4 is 5.96 Å². The zero-order valence-corrected chi connectivity index (χ0v) is 13.8. The van der Waals surface area contributed by atoms with E-state index in [1.54, 1.807) is 0 Å². The average molecular weight is 293 g/mol. The summed E-state index contributed by atoms with van der Waals surface area (Å²) in [7, 11) is 1.86. The second-order valence-electron chi connectivity index (χ2n) is 6.69. The zero-order valence-electron chi connectivity index (χ0n) is 13.8. The Morgan fingerprint density at radius 1 is 1.29 bits per heavy atom. The molecule has 0 saturated heterocycles. The molecular weight excluding hydrogens is 262 g/mol. The number of nitrogens with zero attached hydrogens (tertiary/aromatic N) is 1. The summed E-state index contributed by atoms with van der Waals surface area (Å²) in [5.74, 6) is 2.59. The molecule has 1 heterocycles. The minimum absolute atomic E-state index is 0.567. The quantitative estimate of drug-likeness (QED) is 0.476. The maximum Gasteiger partial charge on any atom is 0.191 e. The molecule has 1 saturated carbocycles. The minimum atomic E-state index is 0.567. The number of rotatable bonds is 4. The van der Waals surface area contributed by atoms with Gasteiger partial charge in [-0.2, -0.15) is 0 Å². The van der Waals surface area contributed by atoms with Crippen LogP contribution in [0.15, 0.2) is 16.6 Å². The van der Waals surface area contributed by atoms with Crippen LogP contribution in [-0.4, -0.2) is 38.8 Å². The van der Waals surface area contributed by atoms with Crippen molar-refractivity contribution in [3.05, 3.63) is 11.6 Å². The Morgan fingerprint density at radius 2 is 2.05 bits per heavy atom. The van der Waals surface area contributed by atoms with E-state index in [4.69, 9.17) is 4.74 Å². The maximum absolute atomic E-state index is 5.34. The van der Waals surface area contributed by atoms with Crippen molar-refractivity contribution in [2.75, 3.05) is 26.8 Å². The number of ether oxygens (including phenoxy) is 1. The Bertz CT molecular complexity index is 368. The first-order chi connectivity index (χ1) is 10.2. The van der Waals surface area contributed by atoms with Gasteiger partial charge in [-0.05, 0) is 43.9 Å². The van der Waals surface area contributed by atoms with E-state index >= 15 is 0 Å². The highest BCUT2D eigenvalue weighted by molar-refractivity contribution is 5.79. The lowest BCUT2D eigenvalue weighted by Gasteiger charge is -2.32. The molecule has 4 nitrogen and oxygen atoms in total. The molecule has 120 valence electrons. The summed E-state index contributed by atoms with van der Waals surface area (Å²) in [4.78, 5) is 4.37. The Morgan fingerprint density at radius 3 is 2.67 bits per heavy atom. The van der Waals surface area contributed by atoms with Crippen molar-refractivity contribution in [1.29, 1.82) is 0 Å². The molecule has 0 aromatic carbocycles. The molecule has 0 aromatic rings. The van der Waals surface area contributed by atoms with Crippen LogP contribution in [0.5, 0.6) is 0 Å². The topological polar surface area (TPSA) is 45.7 Å². The maximum atomic E-state index is 5.34. The van der Waals surface area contributed by atoms with Crippen LogP contribution in [0, 0.1) is 11.8 Å². The fraction of sp³-hybridized carbons (Fsp3) is 0.824. The van der Waals surface area contributed by atoms with Crippen molar-refractivity contribution in [1.82, 2.24) is 10.6 Å². The summed E-state index contributed by atoms with van der Waals surface area (Å²) in [5.41, 5.74) is 1.50. The van der Waals surface area contributed by atoms with Gasteiger partial charge < -0.3 is 15.4 Å². The molecule has 1 aliphatic carbocycles. The van der Waals surface area contributed by atoms with E-state index in [1.165, 1.54) is 24.8 Å². The van der Waals surface area contributed by atoms with Crippen molar-refractivity contribution in [2.45, 2.75) is 52.0 Å². The van der Waals surface area contributed by atoms with Gasteiger partial charge >= 0.3 is 0 Å². The Hall–Kier alpha value is -1.03. The van der Waals surface area contributed by atoms with Gasteiger partial charge in [-0.3, -0.25) is 4.99 Å². The zero-order chi connectivity index (χ0) is 15.1. The molecular formula is C17H31N3O. The van der Waals surface area contributed by atoms with Crippen LogP contribution in [0.1, 0.15) is 46.0 Å². The first-order valence-corrected chi connectivity index (χ1v) is 8.40. The summed E-state index contributed by atoms with van der Waals surface area (Å²) in [6, 6.07) is 0.567. The summed E-state index contributed by atoms with van der Waals surface area (Å²) in [5, 5.41) is 7.05. The van der Waals surface area contributed by atoms with Gasteiger partial charge in [0.2, 0.25) is 0 Å². The number of hydrogen-bond donors (Lipinski definition) is 2. The lowest BCUT2D eigenvalue weighted by molar-refractivity contribution is 0.153. The second kappa shape index (κ2) is 8.42. The number of aliphatic imine (C=N–C) groups is 1. The predicted octanol–water partition coefficient (Wildman–Crippen LogP) is 2.71. The fourth-order valence-corrected chi connectivity index (χ4v) is 3.59. The molecule has 4 heteroatoms. The molecule has 2 unspecified atom stereocenters. The molecule has 2 atom stereocenters. The molecule has 0 radical (unpaired) electrons. The van der Waals surface area contributed by atoms with Crippen molar-refractivity contribution in [3.8, 4) is 0 Å². The molecule has 21 heavy (non-hydrogen) atoms. The van der Waals surface area contributed by atoms with Crippen LogP contribution < -0.4 is 10.6 Å². The molecule has 0 aromatic heterocycles. The average Bonchev–Trinajstić information content (AvgIpc) is 2.46. The summed E-state index contributed by atoms with van der Waals surface area (Å²) >= 11 is 0. The lowest BCUT2D eigenvalue weighted by atomic mass is 9.80. The molecule has 0 spiro atoms. The third-order valence-corrected chi connectivity index (χ3v) is 4.54. The Balaban J connectivity index is 1.71. The van der Waals surface area contributed by atoms with Gasteiger partial charge in [0.15, 0.2) is 5.96 Å². The van der Waals surface area contributed by atoms with E-state index in [1.807, 2.05) is 7.05 Å². The van der Waals surface area contributed by atoms with Crippen LogP contribution in [-0.2, 0) is 4.74 Å². The van der Waals surface area contributed by atoms with Gasteiger partial charge in [-0.15, -0.1) is 0 Å². The van der Waals surface area contributed by atoms with Crippen LogP contribution >= 0.6 is 0 Å². The van der Waals surface area contributed by atoms with Gasteiger partial charge in [0, 0.05) is 19.6 Å². The predicted molar refractivity (Wildman–Crippen MR) is 88.6 cm³/mol. The summed E-state index contributed by atoms with van der Waals surface area (Å²) in [6.45, 7) is 7.32.